The number of amides is 4. The van der Waals surface area contributed by atoms with Crippen LogP contribution in [0.2, 0.25) is 0 Å². The van der Waals surface area contributed by atoms with E-state index in [4.69, 9.17) is 5.41 Å². The molecule has 1 aromatic rings. The largest absolute Gasteiger partial charge is 0.493 e. The average molecular weight is 267 g/mol. The van der Waals surface area contributed by atoms with E-state index in [0.717, 1.165) is 0 Å². The third-order valence-corrected chi connectivity index (χ3v) is 2.19. The van der Waals surface area contributed by atoms with Crippen LogP contribution in [0.4, 0.5) is 10.5 Å². The molecule has 11 nitrogen and oxygen atoms in total. The Morgan fingerprint density at radius 2 is 1.68 bits per heavy atom. The van der Waals surface area contributed by atoms with E-state index in [1.807, 2.05) is 0 Å². The summed E-state index contributed by atoms with van der Waals surface area (Å²) < 4.78 is 0. The summed E-state index contributed by atoms with van der Waals surface area (Å²) in [6, 6.07) is -1.32. The van der Waals surface area contributed by atoms with Gasteiger partial charge >= 0.3 is 11.7 Å². The minimum absolute atomic E-state index is 0.0772. The summed E-state index contributed by atoms with van der Waals surface area (Å²) in [4.78, 5) is 59.9. The Bertz CT molecular complexity index is 743. The number of aromatic nitrogens is 2. The fraction of sp³-hybridized carbons (Fsp3) is 0. The average Bonchev–Trinajstić information content (AvgIpc) is 2.29. The highest BCUT2D eigenvalue weighted by Gasteiger charge is 2.40. The predicted molar refractivity (Wildman–Crippen MR) is 58.1 cm³/mol. The maximum Gasteiger partial charge on any atom is 0.336 e. The van der Waals surface area contributed by atoms with Crippen LogP contribution in [0, 0.1) is 5.41 Å². The third kappa shape index (κ3) is 1.78. The number of H-pyrrole nitrogens is 2. The minimum atomic E-state index is -1.40. The molecule has 0 unspecified atom stereocenters. The molecule has 1 aliphatic rings. The zero-order valence-corrected chi connectivity index (χ0v) is 8.94. The van der Waals surface area contributed by atoms with Crippen molar-refractivity contribution < 1.29 is 19.5 Å². The first-order valence-electron chi connectivity index (χ1n) is 4.67. The Hall–Kier alpha value is -3.24. The van der Waals surface area contributed by atoms with E-state index < -0.39 is 46.4 Å². The summed E-state index contributed by atoms with van der Waals surface area (Å²) in [5.41, 5.74) is -4.27. The molecule has 1 fully saturated rings. The zero-order valence-electron chi connectivity index (χ0n) is 8.94. The van der Waals surface area contributed by atoms with E-state index >= 15 is 0 Å². The van der Waals surface area contributed by atoms with Crippen molar-refractivity contribution >= 4 is 29.2 Å². The number of carbonyl (C=O) groups excluding carboxylic acids is 3. The Morgan fingerprint density at radius 1 is 1.05 bits per heavy atom. The summed E-state index contributed by atoms with van der Waals surface area (Å²) in [5, 5.41) is 18.2. The lowest BCUT2D eigenvalue weighted by molar-refractivity contribution is -0.118. The topological polar surface area (TPSA) is 176 Å². The van der Waals surface area contributed by atoms with Crippen molar-refractivity contribution in [2.75, 3.05) is 4.90 Å². The van der Waals surface area contributed by atoms with Gasteiger partial charge in [0.25, 0.3) is 17.4 Å². The number of nitrogens with one attached hydrogen (secondary N) is 4. The molecule has 0 saturated carbocycles. The van der Waals surface area contributed by atoms with E-state index in [9.17, 15) is 29.1 Å². The van der Waals surface area contributed by atoms with Crippen molar-refractivity contribution in [2.45, 2.75) is 0 Å². The van der Waals surface area contributed by atoms with E-state index in [1.165, 1.54) is 0 Å². The van der Waals surface area contributed by atoms with Gasteiger partial charge in [0.2, 0.25) is 5.88 Å². The molecule has 98 valence electrons. The maximum atomic E-state index is 11.6. The van der Waals surface area contributed by atoms with Crippen LogP contribution in [0.1, 0.15) is 0 Å². The molecule has 0 atom stereocenters. The van der Waals surface area contributed by atoms with Crippen LogP contribution in [0.5, 0.6) is 5.88 Å². The Balaban J connectivity index is 2.65. The second-order valence-corrected chi connectivity index (χ2v) is 3.38. The highest BCUT2D eigenvalue weighted by Crippen LogP contribution is 2.19. The molecule has 11 heteroatoms. The molecule has 19 heavy (non-hydrogen) atoms. The Kier molecular flexibility index (Phi) is 2.51. The molecule has 1 aliphatic heterocycles. The van der Waals surface area contributed by atoms with Crippen LogP contribution in [0.3, 0.4) is 0 Å². The monoisotopic (exact) mass is 267 g/mol. The predicted octanol–water partition coefficient (Wildman–Crippen LogP) is -2.63. The normalized spacial score (nSPS) is 15.7. The van der Waals surface area contributed by atoms with Gasteiger partial charge in [-0.3, -0.25) is 35.1 Å². The van der Waals surface area contributed by atoms with Gasteiger partial charge in [-0.2, -0.15) is 0 Å². The lowest BCUT2D eigenvalue weighted by atomic mass is 10.2. The lowest BCUT2D eigenvalue weighted by Crippen LogP contribution is -2.59. The van der Waals surface area contributed by atoms with Gasteiger partial charge in [0.1, 0.15) is 0 Å². The number of carbonyl (C=O) groups is 3. The first kappa shape index (κ1) is 12.2. The number of hydrogen-bond donors (Lipinski definition) is 5. The molecular formula is C8H5N5O6. The molecule has 0 aromatic carbocycles. The second-order valence-electron chi connectivity index (χ2n) is 3.38. The zero-order chi connectivity index (χ0) is 14.3. The molecule has 4 amide bonds. The van der Waals surface area contributed by atoms with Gasteiger partial charge in [0.15, 0.2) is 11.4 Å². The van der Waals surface area contributed by atoms with Gasteiger partial charge < -0.3 is 5.11 Å². The standard InChI is InChI=1S/C8H5N5O6/c9-1-3(14)12-8(19)13(6(1)17)2-4(15)10-7(18)11-5(2)16/h9H,(H,12,14,19)(H3,10,11,15,16,18). The highest BCUT2D eigenvalue weighted by atomic mass is 16.3. The molecule has 1 aromatic heterocycles. The van der Waals surface area contributed by atoms with Crippen LogP contribution in [-0.4, -0.2) is 38.6 Å². The molecule has 2 heterocycles. The van der Waals surface area contributed by atoms with Crippen molar-refractivity contribution in [3.63, 3.8) is 0 Å². The number of barbiturate groups is 1. The van der Waals surface area contributed by atoms with Crippen LogP contribution in [0.25, 0.3) is 0 Å². The van der Waals surface area contributed by atoms with Gasteiger partial charge in [-0.25, -0.2) is 14.5 Å². The number of nitrogens with zero attached hydrogens (tertiary/aromatic N) is 1. The SMILES string of the molecule is N=C1C(=O)NC(=O)N(c2c(O)[nH]c(=O)[nH]c2=O)C1=O. The highest BCUT2D eigenvalue weighted by molar-refractivity contribution is 6.71. The van der Waals surface area contributed by atoms with Crippen LogP contribution < -0.4 is 21.5 Å². The molecule has 2 rings (SSSR count). The number of urea groups is 1. The second kappa shape index (κ2) is 3.90. The molecule has 0 spiro atoms. The summed E-state index contributed by atoms with van der Waals surface area (Å²) in [7, 11) is 0. The van der Waals surface area contributed by atoms with Crippen molar-refractivity contribution in [3.05, 3.63) is 20.8 Å². The third-order valence-electron chi connectivity index (χ3n) is 2.19. The summed E-state index contributed by atoms with van der Waals surface area (Å²) >= 11 is 0. The number of imide groups is 2. The molecule has 5 N–H and O–H groups in total. The number of hydrogen-bond acceptors (Lipinski definition) is 7. The van der Waals surface area contributed by atoms with Gasteiger partial charge in [-0.05, 0) is 0 Å². The lowest BCUT2D eigenvalue weighted by Gasteiger charge is -2.23. The Morgan fingerprint density at radius 3 is 2.26 bits per heavy atom. The van der Waals surface area contributed by atoms with Crippen molar-refractivity contribution in [3.8, 4) is 5.88 Å². The van der Waals surface area contributed by atoms with Crippen LogP contribution >= 0.6 is 0 Å². The van der Waals surface area contributed by atoms with Crippen molar-refractivity contribution in [2.24, 2.45) is 0 Å². The van der Waals surface area contributed by atoms with Crippen LogP contribution in [-0.2, 0) is 9.59 Å². The number of rotatable bonds is 1. The van der Waals surface area contributed by atoms with Gasteiger partial charge in [-0.1, -0.05) is 0 Å². The van der Waals surface area contributed by atoms with Gasteiger partial charge in [-0.15, -0.1) is 0 Å². The quantitative estimate of drug-likeness (QED) is 0.371. The summed E-state index contributed by atoms with van der Waals surface area (Å²) in [6.07, 6.45) is 0. The fourth-order valence-corrected chi connectivity index (χ4v) is 1.40. The van der Waals surface area contributed by atoms with E-state index in [1.54, 1.807) is 15.3 Å². The number of aromatic hydroxyl groups is 1. The van der Waals surface area contributed by atoms with E-state index in [0.29, 0.717) is 0 Å². The summed E-state index contributed by atoms with van der Waals surface area (Å²) in [5.74, 6) is -3.67. The molecule has 0 bridgehead atoms. The minimum Gasteiger partial charge on any atom is -0.493 e. The first-order chi connectivity index (χ1) is 8.82. The van der Waals surface area contributed by atoms with E-state index in [-0.39, 0.29) is 4.90 Å². The number of anilines is 1. The Labute approximate surface area is 102 Å². The molecule has 0 radical (unpaired) electrons. The smallest absolute Gasteiger partial charge is 0.336 e. The van der Waals surface area contributed by atoms with Gasteiger partial charge in [0, 0.05) is 0 Å². The molecule has 1 saturated heterocycles. The van der Waals surface area contributed by atoms with Crippen LogP contribution in [0.15, 0.2) is 9.59 Å². The fourth-order valence-electron chi connectivity index (χ4n) is 1.40. The summed E-state index contributed by atoms with van der Waals surface area (Å²) in [6.45, 7) is 0. The van der Waals surface area contributed by atoms with E-state index in [2.05, 4.69) is 0 Å². The molecular weight excluding hydrogens is 262 g/mol. The van der Waals surface area contributed by atoms with Crippen molar-refractivity contribution in [1.29, 1.82) is 5.41 Å². The number of aromatic amines is 2. The first-order valence-corrected chi connectivity index (χ1v) is 4.67. The maximum absolute atomic E-state index is 11.6. The molecule has 0 aliphatic carbocycles. The van der Waals surface area contributed by atoms with Gasteiger partial charge in [0.05, 0.1) is 0 Å². The van der Waals surface area contributed by atoms with Crippen molar-refractivity contribution in [1.82, 2.24) is 15.3 Å².